The summed E-state index contributed by atoms with van der Waals surface area (Å²) in [5.74, 6) is 0.230. The van der Waals surface area contributed by atoms with Gasteiger partial charge in [-0.25, -0.2) is 9.67 Å². The van der Waals surface area contributed by atoms with Crippen molar-refractivity contribution in [2.45, 2.75) is 19.4 Å². The number of nitriles is 1. The molecule has 35 heavy (non-hydrogen) atoms. The molecule has 0 aliphatic heterocycles. The number of nitrogens with zero attached hydrogens (tertiary/aromatic N) is 4. The van der Waals surface area contributed by atoms with Gasteiger partial charge in [0, 0.05) is 23.5 Å². The Kier molecular flexibility index (Phi) is 9.16. The molecule has 2 aromatic carbocycles. The van der Waals surface area contributed by atoms with Gasteiger partial charge in [0.1, 0.15) is 5.82 Å². The van der Waals surface area contributed by atoms with Crippen LogP contribution < -0.4 is 11.1 Å². The Labute approximate surface area is 201 Å². The first kappa shape index (κ1) is 25.2. The highest BCUT2D eigenvalue weighted by molar-refractivity contribution is 5.91. The Morgan fingerprint density at radius 3 is 2.31 bits per heavy atom. The maximum Gasteiger partial charge on any atom is 0.333 e. The fourth-order valence-corrected chi connectivity index (χ4v) is 3.11. The molecular formula is C26H24F2N6O. The van der Waals surface area contributed by atoms with E-state index in [0.29, 0.717) is 33.7 Å². The number of carbonyl (C=O) groups excluding carboxylic acids is 1. The summed E-state index contributed by atoms with van der Waals surface area (Å²) >= 11 is 0. The predicted molar refractivity (Wildman–Crippen MR) is 129 cm³/mol. The van der Waals surface area contributed by atoms with Gasteiger partial charge in [-0.3, -0.25) is 4.79 Å². The highest BCUT2D eigenvalue weighted by Crippen LogP contribution is 2.21. The van der Waals surface area contributed by atoms with Crippen molar-refractivity contribution < 1.29 is 13.6 Å². The number of hydrogen-bond donors (Lipinski definition) is 2. The number of benzene rings is 2. The van der Waals surface area contributed by atoms with Crippen molar-refractivity contribution in [1.82, 2.24) is 14.8 Å². The van der Waals surface area contributed by atoms with E-state index in [0.717, 1.165) is 12.0 Å². The van der Waals surface area contributed by atoms with Gasteiger partial charge in [-0.05, 0) is 48.4 Å². The molecule has 0 aliphatic carbocycles. The fraction of sp³-hybridized carbons (Fsp3) is 0.154. The third kappa shape index (κ3) is 7.84. The van der Waals surface area contributed by atoms with Crippen molar-refractivity contribution >= 4 is 11.7 Å². The molecular weight excluding hydrogens is 450 g/mol. The Morgan fingerprint density at radius 1 is 1.00 bits per heavy atom. The van der Waals surface area contributed by atoms with Crippen LogP contribution in [0.2, 0.25) is 0 Å². The molecule has 0 atom stereocenters. The van der Waals surface area contributed by atoms with Gasteiger partial charge >= 0.3 is 6.55 Å². The molecule has 1 amide bonds. The lowest BCUT2D eigenvalue weighted by atomic mass is 10.1. The highest BCUT2D eigenvalue weighted by atomic mass is 19.3. The monoisotopic (exact) mass is 474 g/mol. The molecule has 4 aromatic rings. The molecule has 2 heterocycles. The zero-order chi connectivity index (χ0) is 25.0. The number of alkyl halides is 2. The van der Waals surface area contributed by atoms with Gasteiger partial charge in [0.2, 0.25) is 5.91 Å². The number of pyridine rings is 1. The Bertz CT molecular complexity index is 1250. The molecule has 0 saturated heterocycles. The van der Waals surface area contributed by atoms with Crippen LogP contribution in [0, 0.1) is 11.3 Å². The molecule has 4 rings (SSSR count). The lowest BCUT2D eigenvalue weighted by Crippen LogP contribution is -2.15. The number of carbonyl (C=O) groups is 1. The second kappa shape index (κ2) is 12.7. The fourth-order valence-electron chi connectivity index (χ4n) is 3.11. The summed E-state index contributed by atoms with van der Waals surface area (Å²) in [4.78, 5) is 16.1. The van der Waals surface area contributed by atoms with Crippen molar-refractivity contribution in [2.24, 2.45) is 5.73 Å². The number of nitrogens with one attached hydrogen (secondary N) is 1. The minimum absolute atomic E-state index is 0.174. The molecule has 0 radical (unpaired) electrons. The Hall–Kier alpha value is -4.42. The zero-order valence-electron chi connectivity index (χ0n) is 18.8. The summed E-state index contributed by atoms with van der Waals surface area (Å²) in [6.07, 6.45) is 5.23. The van der Waals surface area contributed by atoms with Gasteiger partial charge in [0.25, 0.3) is 0 Å². The smallest absolute Gasteiger partial charge is 0.330 e. The van der Waals surface area contributed by atoms with Gasteiger partial charge < -0.3 is 11.1 Å². The summed E-state index contributed by atoms with van der Waals surface area (Å²) in [5, 5.41) is 14.8. The molecule has 178 valence electrons. The van der Waals surface area contributed by atoms with Crippen LogP contribution in [0.3, 0.4) is 0 Å². The summed E-state index contributed by atoms with van der Waals surface area (Å²) < 4.78 is 25.6. The number of rotatable bonds is 7. The summed E-state index contributed by atoms with van der Waals surface area (Å²) in [6, 6.07) is 22.2. The van der Waals surface area contributed by atoms with Gasteiger partial charge in [-0.2, -0.15) is 19.1 Å². The van der Waals surface area contributed by atoms with E-state index in [2.05, 4.69) is 21.5 Å². The van der Waals surface area contributed by atoms with Crippen LogP contribution in [0.1, 0.15) is 23.2 Å². The molecule has 0 saturated carbocycles. The number of nitrogens with two attached hydrogens (primary N) is 1. The quantitative estimate of drug-likeness (QED) is 0.407. The van der Waals surface area contributed by atoms with E-state index in [1.807, 2.05) is 54.6 Å². The van der Waals surface area contributed by atoms with E-state index in [1.165, 1.54) is 24.2 Å². The van der Waals surface area contributed by atoms with Gasteiger partial charge in [-0.15, -0.1) is 0 Å². The van der Waals surface area contributed by atoms with Gasteiger partial charge in [0.05, 0.1) is 24.3 Å². The van der Waals surface area contributed by atoms with E-state index < -0.39 is 6.55 Å². The number of anilines is 1. The predicted octanol–water partition coefficient (Wildman–Crippen LogP) is 4.58. The van der Waals surface area contributed by atoms with E-state index >= 15 is 0 Å². The molecule has 3 N–H and O–H groups in total. The van der Waals surface area contributed by atoms with Crippen molar-refractivity contribution in [1.29, 1.82) is 5.26 Å². The van der Waals surface area contributed by atoms with E-state index in [9.17, 15) is 13.6 Å². The lowest BCUT2D eigenvalue weighted by molar-refractivity contribution is -0.115. The molecule has 0 spiro atoms. The first-order valence-corrected chi connectivity index (χ1v) is 10.8. The second-order valence-corrected chi connectivity index (χ2v) is 7.48. The topological polar surface area (TPSA) is 110 Å². The van der Waals surface area contributed by atoms with E-state index in [4.69, 9.17) is 11.0 Å². The SMILES string of the molecule is N#Cc1ccc(CCN)cc1.O=C(Cc1ccccc1)Nc1ccc(-c2cnn(C(F)F)c2)cn1. The average molecular weight is 475 g/mol. The van der Waals surface area contributed by atoms with Crippen LogP contribution in [0.5, 0.6) is 0 Å². The number of hydrogen-bond acceptors (Lipinski definition) is 5. The van der Waals surface area contributed by atoms with Crippen molar-refractivity contribution in [2.75, 3.05) is 11.9 Å². The van der Waals surface area contributed by atoms with Crippen LogP contribution in [-0.2, 0) is 17.6 Å². The molecule has 7 nitrogen and oxygen atoms in total. The van der Waals surface area contributed by atoms with Crippen LogP contribution in [0.15, 0.2) is 85.3 Å². The normalized spacial score (nSPS) is 10.3. The lowest BCUT2D eigenvalue weighted by Gasteiger charge is -2.05. The zero-order valence-corrected chi connectivity index (χ0v) is 18.8. The Balaban J connectivity index is 0.000000261. The highest BCUT2D eigenvalue weighted by Gasteiger charge is 2.10. The van der Waals surface area contributed by atoms with Crippen molar-refractivity contribution in [3.63, 3.8) is 0 Å². The third-order valence-corrected chi connectivity index (χ3v) is 4.89. The standard InChI is InChI=1S/C17H14F2N4O.C9H10N2/c18-17(19)23-11-14(10-21-23)13-6-7-15(20-9-13)22-16(24)8-12-4-2-1-3-5-12;10-6-5-8-1-3-9(7-11)4-2-8/h1-7,9-11,17H,8H2,(H,20,22,24);1-4H,5-6,10H2. The first-order chi connectivity index (χ1) is 17.0. The van der Waals surface area contributed by atoms with E-state index in [-0.39, 0.29) is 12.3 Å². The molecule has 0 fully saturated rings. The minimum atomic E-state index is -2.68. The molecule has 0 bridgehead atoms. The maximum atomic E-state index is 12.5. The second-order valence-electron chi connectivity index (χ2n) is 7.48. The van der Waals surface area contributed by atoms with Gasteiger partial charge in [0.15, 0.2) is 0 Å². The van der Waals surface area contributed by atoms with Crippen molar-refractivity contribution in [3.05, 3.63) is 102 Å². The largest absolute Gasteiger partial charge is 0.333 e. The molecule has 0 aliphatic rings. The van der Waals surface area contributed by atoms with Crippen molar-refractivity contribution in [3.8, 4) is 17.2 Å². The summed E-state index contributed by atoms with van der Waals surface area (Å²) in [5.41, 5.74) is 9.33. The number of aromatic nitrogens is 3. The number of amides is 1. The first-order valence-electron chi connectivity index (χ1n) is 10.8. The van der Waals surface area contributed by atoms with Crippen LogP contribution >= 0.6 is 0 Å². The maximum absolute atomic E-state index is 12.5. The minimum Gasteiger partial charge on any atom is -0.330 e. The third-order valence-electron chi connectivity index (χ3n) is 4.89. The molecule has 2 aromatic heterocycles. The summed E-state index contributed by atoms with van der Waals surface area (Å²) in [7, 11) is 0. The molecule has 0 unspecified atom stereocenters. The summed E-state index contributed by atoms with van der Waals surface area (Å²) in [6.45, 7) is -2.02. The van der Waals surface area contributed by atoms with Crippen LogP contribution in [-0.4, -0.2) is 27.2 Å². The van der Waals surface area contributed by atoms with Crippen LogP contribution in [0.25, 0.3) is 11.1 Å². The Morgan fingerprint density at radius 2 is 1.74 bits per heavy atom. The van der Waals surface area contributed by atoms with Crippen LogP contribution in [0.4, 0.5) is 14.6 Å². The molecule has 9 heteroatoms. The van der Waals surface area contributed by atoms with Gasteiger partial charge in [-0.1, -0.05) is 42.5 Å². The van der Waals surface area contributed by atoms with E-state index in [1.54, 1.807) is 12.1 Å². The average Bonchev–Trinajstić information content (AvgIpc) is 3.37. The number of halogens is 2.